The van der Waals surface area contributed by atoms with Crippen molar-refractivity contribution in [3.05, 3.63) is 107 Å². The molecule has 2 amide bonds. The van der Waals surface area contributed by atoms with E-state index in [1.165, 1.54) is 0 Å². The highest BCUT2D eigenvalue weighted by Crippen LogP contribution is 2.30. The fraction of sp³-hybridized carbons (Fsp3) is 0.250. The summed E-state index contributed by atoms with van der Waals surface area (Å²) >= 11 is 0. The van der Waals surface area contributed by atoms with Gasteiger partial charge in [0.2, 0.25) is 11.8 Å². The number of likely N-dealkylation sites (tertiary alicyclic amines) is 1. The van der Waals surface area contributed by atoms with Gasteiger partial charge in [-0.25, -0.2) is 0 Å². The molecule has 0 aliphatic carbocycles. The van der Waals surface area contributed by atoms with Crippen LogP contribution in [0.3, 0.4) is 0 Å². The average molecular weight is 470 g/mol. The molecule has 1 aliphatic heterocycles. The number of carbonyl (C=O) groups excluding carboxylic acids is 2. The van der Waals surface area contributed by atoms with E-state index in [4.69, 9.17) is 16.9 Å². The number of nitrogens with one attached hydrogen (secondary N) is 2. The summed E-state index contributed by atoms with van der Waals surface area (Å²) in [6.07, 6.45) is 1.36. The Morgan fingerprint density at radius 3 is 2.06 bits per heavy atom. The van der Waals surface area contributed by atoms with Crippen molar-refractivity contribution in [1.82, 2.24) is 10.2 Å². The first-order chi connectivity index (χ1) is 17.0. The van der Waals surface area contributed by atoms with E-state index in [1.54, 1.807) is 17.0 Å². The van der Waals surface area contributed by atoms with E-state index in [2.05, 4.69) is 5.32 Å². The number of nitrogens with two attached hydrogens (primary N) is 2. The molecule has 4 rings (SSSR count). The SMILES string of the molecule is N=C(N)c1ccc(CNC(=O)C2CCCN2C(=O)[C@H](N)C(c2ccccc2)c2ccccc2)cc1. The molecule has 1 saturated heterocycles. The van der Waals surface area contributed by atoms with Gasteiger partial charge in [-0.2, -0.15) is 0 Å². The van der Waals surface area contributed by atoms with Gasteiger partial charge in [0, 0.05) is 24.6 Å². The normalized spacial score (nSPS) is 16.2. The number of hydrogen-bond acceptors (Lipinski definition) is 4. The molecule has 1 fully saturated rings. The molecule has 1 unspecified atom stereocenters. The monoisotopic (exact) mass is 469 g/mol. The molecule has 0 saturated carbocycles. The lowest BCUT2D eigenvalue weighted by Crippen LogP contribution is -2.52. The molecule has 180 valence electrons. The van der Waals surface area contributed by atoms with Crippen molar-refractivity contribution < 1.29 is 9.59 Å². The number of benzene rings is 3. The largest absolute Gasteiger partial charge is 0.384 e. The highest BCUT2D eigenvalue weighted by molar-refractivity contribution is 5.95. The molecule has 1 aliphatic rings. The van der Waals surface area contributed by atoms with Gasteiger partial charge in [-0.15, -0.1) is 0 Å². The van der Waals surface area contributed by atoms with Crippen LogP contribution in [0.25, 0.3) is 0 Å². The predicted octanol–water partition coefficient (Wildman–Crippen LogP) is 2.74. The predicted molar refractivity (Wildman–Crippen MR) is 137 cm³/mol. The van der Waals surface area contributed by atoms with Crippen molar-refractivity contribution in [2.45, 2.75) is 37.4 Å². The maximum Gasteiger partial charge on any atom is 0.243 e. The van der Waals surface area contributed by atoms with Gasteiger partial charge in [0.25, 0.3) is 0 Å². The summed E-state index contributed by atoms with van der Waals surface area (Å²) in [5.74, 6) is -0.712. The van der Waals surface area contributed by atoms with Crippen LogP contribution in [-0.4, -0.2) is 41.2 Å². The fourth-order valence-electron chi connectivity index (χ4n) is 4.67. The van der Waals surface area contributed by atoms with E-state index in [0.29, 0.717) is 25.1 Å². The third kappa shape index (κ3) is 5.58. The van der Waals surface area contributed by atoms with Gasteiger partial charge in [0.15, 0.2) is 0 Å². The molecule has 0 bridgehead atoms. The van der Waals surface area contributed by atoms with Gasteiger partial charge in [0.05, 0.1) is 6.04 Å². The molecule has 3 aromatic rings. The lowest BCUT2D eigenvalue weighted by Gasteiger charge is -2.31. The Morgan fingerprint density at radius 1 is 0.943 bits per heavy atom. The van der Waals surface area contributed by atoms with Crippen molar-refractivity contribution in [3.8, 4) is 0 Å². The zero-order chi connectivity index (χ0) is 24.8. The minimum absolute atomic E-state index is 0.00124. The standard InChI is InChI=1S/C28H31N5O2/c29-25(24(20-8-3-1-4-9-20)21-10-5-2-6-11-21)28(35)33-17-7-12-23(33)27(34)32-18-19-13-15-22(16-14-19)26(30)31/h1-6,8-11,13-16,23-25H,7,12,17-18,29H2,(H3,30,31)(H,32,34)/t23?,25-/m1/s1. The molecule has 3 aromatic carbocycles. The number of hydrogen-bond donors (Lipinski definition) is 4. The van der Waals surface area contributed by atoms with Crippen LogP contribution in [-0.2, 0) is 16.1 Å². The van der Waals surface area contributed by atoms with Crippen LogP contribution in [0.1, 0.15) is 41.0 Å². The minimum Gasteiger partial charge on any atom is -0.384 e. The van der Waals surface area contributed by atoms with Gasteiger partial charge in [-0.05, 0) is 29.5 Å². The molecule has 7 heteroatoms. The number of nitrogen functional groups attached to an aromatic ring is 1. The Kier molecular flexibility index (Phi) is 7.57. The second-order valence-corrected chi connectivity index (χ2v) is 8.84. The third-order valence-corrected chi connectivity index (χ3v) is 6.53. The average Bonchev–Trinajstić information content (AvgIpc) is 3.38. The van der Waals surface area contributed by atoms with E-state index in [0.717, 1.165) is 23.1 Å². The van der Waals surface area contributed by atoms with Gasteiger partial charge in [-0.1, -0.05) is 84.9 Å². The van der Waals surface area contributed by atoms with Crippen molar-refractivity contribution in [3.63, 3.8) is 0 Å². The fourth-order valence-corrected chi connectivity index (χ4v) is 4.67. The second kappa shape index (κ2) is 11.0. The highest BCUT2D eigenvalue weighted by atomic mass is 16.2. The quantitative estimate of drug-likeness (QED) is 0.299. The molecular formula is C28H31N5O2. The Balaban J connectivity index is 1.47. The summed E-state index contributed by atoms with van der Waals surface area (Å²) in [7, 11) is 0. The van der Waals surface area contributed by atoms with Crippen molar-refractivity contribution in [2.75, 3.05) is 6.54 Å². The zero-order valence-electron chi connectivity index (χ0n) is 19.6. The van der Waals surface area contributed by atoms with E-state index in [1.807, 2.05) is 72.8 Å². The van der Waals surface area contributed by atoms with E-state index in [9.17, 15) is 9.59 Å². The van der Waals surface area contributed by atoms with Crippen LogP contribution in [0.15, 0.2) is 84.9 Å². The molecule has 7 nitrogen and oxygen atoms in total. The van der Waals surface area contributed by atoms with Crippen LogP contribution < -0.4 is 16.8 Å². The minimum atomic E-state index is -0.813. The maximum atomic E-state index is 13.6. The Hall–Kier alpha value is -3.97. The second-order valence-electron chi connectivity index (χ2n) is 8.84. The lowest BCUT2D eigenvalue weighted by molar-refractivity contribution is -0.139. The Labute approximate surface area is 205 Å². The van der Waals surface area contributed by atoms with Crippen LogP contribution in [0.4, 0.5) is 0 Å². The summed E-state index contributed by atoms with van der Waals surface area (Å²) in [5.41, 5.74) is 15.6. The molecule has 35 heavy (non-hydrogen) atoms. The lowest BCUT2D eigenvalue weighted by atomic mass is 9.84. The molecule has 6 N–H and O–H groups in total. The first-order valence-corrected chi connectivity index (χ1v) is 11.8. The third-order valence-electron chi connectivity index (χ3n) is 6.53. The zero-order valence-corrected chi connectivity index (χ0v) is 19.6. The first-order valence-electron chi connectivity index (χ1n) is 11.8. The summed E-state index contributed by atoms with van der Waals surface area (Å²) in [4.78, 5) is 28.3. The molecule has 2 atom stereocenters. The Bertz CT molecular complexity index is 1130. The number of nitrogens with zero attached hydrogens (tertiary/aromatic N) is 1. The molecule has 1 heterocycles. The van der Waals surface area contributed by atoms with Gasteiger partial charge in [-0.3, -0.25) is 15.0 Å². The molecular weight excluding hydrogens is 438 g/mol. The summed E-state index contributed by atoms with van der Waals surface area (Å²) < 4.78 is 0. The van der Waals surface area contributed by atoms with E-state index < -0.39 is 12.1 Å². The molecule has 0 spiro atoms. The van der Waals surface area contributed by atoms with Crippen molar-refractivity contribution in [2.24, 2.45) is 11.5 Å². The Morgan fingerprint density at radius 2 is 1.51 bits per heavy atom. The number of amides is 2. The summed E-state index contributed by atoms with van der Waals surface area (Å²) in [5, 5.41) is 10.4. The van der Waals surface area contributed by atoms with Crippen LogP contribution in [0, 0.1) is 5.41 Å². The van der Waals surface area contributed by atoms with Gasteiger partial charge >= 0.3 is 0 Å². The van der Waals surface area contributed by atoms with E-state index >= 15 is 0 Å². The number of rotatable bonds is 8. The van der Waals surface area contributed by atoms with Crippen molar-refractivity contribution >= 4 is 17.6 Å². The summed E-state index contributed by atoms with van der Waals surface area (Å²) in [6, 6.07) is 25.4. The first kappa shape index (κ1) is 24.2. The van der Waals surface area contributed by atoms with Crippen LogP contribution in [0.5, 0.6) is 0 Å². The number of amidine groups is 1. The van der Waals surface area contributed by atoms with E-state index in [-0.39, 0.29) is 23.6 Å². The van der Waals surface area contributed by atoms with Crippen LogP contribution in [0.2, 0.25) is 0 Å². The highest BCUT2D eigenvalue weighted by Gasteiger charge is 2.39. The van der Waals surface area contributed by atoms with Gasteiger partial charge < -0.3 is 21.7 Å². The maximum absolute atomic E-state index is 13.6. The number of carbonyl (C=O) groups is 2. The molecule has 0 radical (unpaired) electrons. The smallest absolute Gasteiger partial charge is 0.243 e. The van der Waals surface area contributed by atoms with Crippen molar-refractivity contribution in [1.29, 1.82) is 5.41 Å². The molecule has 0 aromatic heterocycles. The van der Waals surface area contributed by atoms with Gasteiger partial charge in [0.1, 0.15) is 11.9 Å². The summed E-state index contributed by atoms with van der Waals surface area (Å²) in [6.45, 7) is 0.840. The van der Waals surface area contributed by atoms with Crippen LogP contribution >= 0.6 is 0 Å². The topological polar surface area (TPSA) is 125 Å².